The number of esters is 2. The van der Waals surface area contributed by atoms with Gasteiger partial charge < -0.3 is 20.1 Å². The van der Waals surface area contributed by atoms with Gasteiger partial charge >= 0.3 is 11.9 Å². The summed E-state index contributed by atoms with van der Waals surface area (Å²) in [5.74, 6) is -1.48. The Balaban J connectivity index is 2.21. The molecule has 7 nitrogen and oxygen atoms in total. The maximum Gasteiger partial charge on any atom is 0.332 e. The molecule has 2 rings (SSSR count). The van der Waals surface area contributed by atoms with E-state index in [1.54, 1.807) is 6.92 Å². The molecule has 1 aliphatic heterocycles. The average Bonchev–Trinajstić information content (AvgIpc) is 3.07. The molecular formula is C20H28N2O5. The normalized spacial score (nSPS) is 21.2. The number of aryl methyl sites for hydroxylation is 1. The van der Waals surface area contributed by atoms with E-state index in [-0.39, 0.29) is 5.91 Å². The molecule has 1 heterocycles. The summed E-state index contributed by atoms with van der Waals surface area (Å²) in [5, 5.41) is 6.05. The van der Waals surface area contributed by atoms with E-state index in [4.69, 9.17) is 9.47 Å². The third kappa shape index (κ3) is 5.29. The Labute approximate surface area is 159 Å². The van der Waals surface area contributed by atoms with Crippen LogP contribution in [0.1, 0.15) is 37.8 Å². The third-order valence-corrected chi connectivity index (χ3v) is 4.83. The zero-order chi connectivity index (χ0) is 20.0. The molecule has 27 heavy (non-hydrogen) atoms. The van der Waals surface area contributed by atoms with Crippen molar-refractivity contribution < 1.29 is 23.9 Å². The molecule has 0 bridgehead atoms. The fraction of sp³-hybridized carbons (Fsp3) is 0.550. The van der Waals surface area contributed by atoms with Crippen molar-refractivity contribution in [3.63, 3.8) is 0 Å². The number of carbonyl (C=O) groups is 3. The van der Waals surface area contributed by atoms with Crippen molar-refractivity contribution in [1.29, 1.82) is 0 Å². The molecule has 7 heteroatoms. The molecule has 1 amide bonds. The molecule has 0 aromatic heterocycles. The van der Waals surface area contributed by atoms with Crippen LogP contribution in [0.2, 0.25) is 0 Å². The molecule has 0 radical (unpaired) electrons. The second kappa shape index (κ2) is 8.99. The summed E-state index contributed by atoms with van der Waals surface area (Å²) < 4.78 is 9.87. The second-order valence-corrected chi connectivity index (χ2v) is 7.07. The highest BCUT2D eigenvalue weighted by Gasteiger charge is 2.43. The fourth-order valence-corrected chi connectivity index (χ4v) is 3.51. The van der Waals surface area contributed by atoms with Gasteiger partial charge in [0.15, 0.2) is 6.04 Å². The van der Waals surface area contributed by atoms with Crippen LogP contribution in [0.4, 0.5) is 0 Å². The zero-order valence-corrected chi connectivity index (χ0v) is 16.3. The Morgan fingerprint density at radius 2 is 2.07 bits per heavy atom. The molecule has 1 aromatic rings. The van der Waals surface area contributed by atoms with Crippen molar-refractivity contribution in [2.45, 2.75) is 57.7 Å². The summed E-state index contributed by atoms with van der Waals surface area (Å²) in [6.45, 7) is 5.54. The van der Waals surface area contributed by atoms with Gasteiger partial charge in [0.25, 0.3) is 0 Å². The predicted octanol–water partition coefficient (Wildman–Crippen LogP) is 1.27. The maximum atomic E-state index is 13.2. The van der Waals surface area contributed by atoms with Gasteiger partial charge in [0.05, 0.1) is 7.11 Å². The van der Waals surface area contributed by atoms with E-state index >= 15 is 0 Å². The molecule has 1 fully saturated rings. The number of benzene rings is 1. The lowest BCUT2D eigenvalue weighted by Crippen LogP contribution is -2.60. The molecular weight excluding hydrogens is 348 g/mol. The van der Waals surface area contributed by atoms with Gasteiger partial charge in [-0.25, -0.2) is 4.79 Å². The number of carbonyl (C=O) groups excluding carboxylic acids is 3. The molecule has 148 valence electrons. The summed E-state index contributed by atoms with van der Waals surface area (Å²) in [6.07, 6.45) is 1.19. The van der Waals surface area contributed by atoms with Gasteiger partial charge in [0.1, 0.15) is 11.6 Å². The van der Waals surface area contributed by atoms with Crippen molar-refractivity contribution in [1.82, 2.24) is 10.6 Å². The lowest BCUT2D eigenvalue weighted by Gasteiger charge is -2.31. The van der Waals surface area contributed by atoms with E-state index in [9.17, 15) is 14.4 Å². The highest BCUT2D eigenvalue weighted by molar-refractivity contribution is 5.91. The van der Waals surface area contributed by atoms with Gasteiger partial charge in [-0.1, -0.05) is 29.8 Å². The fourth-order valence-electron chi connectivity index (χ4n) is 3.51. The molecule has 0 spiro atoms. The lowest BCUT2D eigenvalue weighted by atomic mass is 9.87. The van der Waals surface area contributed by atoms with E-state index < -0.39 is 29.6 Å². The molecule has 0 aliphatic carbocycles. The van der Waals surface area contributed by atoms with E-state index in [1.807, 2.05) is 31.2 Å². The van der Waals surface area contributed by atoms with Crippen LogP contribution in [0.25, 0.3) is 0 Å². The second-order valence-electron chi connectivity index (χ2n) is 7.07. The first-order chi connectivity index (χ1) is 12.8. The Morgan fingerprint density at radius 1 is 1.33 bits per heavy atom. The number of hydrogen-bond acceptors (Lipinski definition) is 6. The minimum absolute atomic E-state index is 0.295. The minimum atomic E-state index is -1.07. The van der Waals surface area contributed by atoms with Gasteiger partial charge in [-0.3, -0.25) is 9.59 Å². The van der Waals surface area contributed by atoms with Crippen LogP contribution in [0.5, 0.6) is 0 Å². The van der Waals surface area contributed by atoms with Crippen LogP contribution >= 0.6 is 0 Å². The first-order valence-electron chi connectivity index (χ1n) is 9.14. The number of amides is 1. The standard InChI is InChI=1S/C20H28N2O5/c1-13-7-5-8-16(11-13)12-20(9-6-10-21-20)19(25)22-17(18(24)26-4)14(2)27-15(3)23/h5,7-8,11,14,17,21H,6,9-10,12H2,1-4H3,(H,22,25)/t14-,17-,20-/m1/s1. The van der Waals surface area contributed by atoms with Crippen LogP contribution in [-0.4, -0.2) is 49.2 Å². The largest absolute Gasteiger partial charge is 0.467 e. The molecule has 2 N–H and O–H groups in total. The number of methoxy groups -OCH3 is 1. The van der Waals surface area contributed by atoms with E-state index in [1.165, 1.54) is 14.0 Å². The first kappa shape index (κ1) is 20.9. The van der Waals surface area contributed by atoms with E-state index in [2.05, 4.69) is 10.6 Å². The summed E-state index contributed by atoms with van der Waals surface area (Å²) in [4.78, 5) is 36.5. The molecule has 1 aliphatic rings. The van der Waals surface area contributed by atoms with Crippen molar-refractivity contribution in [2.75, 3.05) is 13.7 Å². The Bertz CT molecular complexity index is 697. The van der Waals surface area contributed by atoms with Crippen molar-refractivity contribution in [2.24, 2.45) is 0 Å². The smallest absolute Gasteiger partial charge is 0.332 e. The van der Waals surface area contributed by atoms with Crippen molar-refractivity contribution in [3.05, 3.63) is 35.4 Å². The Morgan fingerprint density at radius 3 is 2.63 bits per heavy atom. The molecule has 1 saturated heterocycles. The SMILES string of the molecule is COC(=O)[C@H](NC(=O)[C@]1(Cc2cccc(C)c2)CCCN1)[C@@H](C)OC(C)=O. The predicted molar refractivity (Wildman–Crippen MR) is 100 cm³/mol. The van der Waals surface area contributed by atoms with Gasteiger partial charge in [-0.15, -0.1) is 0 Å². The van der Waals surface area contributed by atoms with Crippen LogP contribution in [0, 0.1) is 6.92 Å². The Kier molecular flexibility index (Phi) is 6.96. The molecule has 0 unspecified atom stereocenters. The van der Waals surface area contributed by atoms with Crippen LogP contribution in [0.3, 0.4) is 0 Å². The number of hydrogen-bond donors (Lipinski definition) is 2. The molecule has 1 aromatic carbocycles. The minimum Gasteiger partial charge on any atom is -0.467 e. The van der Waals surface area contributed by atoms with E-state index in [0.29, 0.717) is 12.8 Å². The Hall–Kier alpha value is -2.41. The number of rotatable bonds is 7. The van der Waals surface area contributed by atoms with Gasteiger partial charge in [0, 0.05) is 6.92 Å². The summed E-state index contributed by atoms with van der Waals surface area (Å²) >= 11 is 0. The van der Waals surface area contributed by atoms with Gasteiger partial charge in [-0.05, 0) is 45.2 Å². The van der Waals surface area contributed by atoms with Crippen molar-refractivity contribution >= 4 is 17.8 Å². The van der Waals surface area contributed by atoms with Crippen LogP contribution in [-0.2, 0) is 30.3 Å². The lowest BCUT2D eigenvalue weighted by molar-refractivity contribution is -0.156. The highest BCUT2D eigenvalue weighted by atomic mass is 16.6. The third-order valence-electron chi connectivity index (χ3n) is 4.83. The molecule has 0 saturated carbocycles. The van der Waals surface area contributed by atoms with E-state index in [0.717, 1.165) is 24.1 Å². The maximum absolute atomic E-state index is 13.2. The van der Waals surface area contributed by atoms with Gasteiger partial charge in [0.2, 0.25) is 5.91 Å². The van der Waals surface area contributed by atoms with Crippen LogP contribution < -0.4 is 10.6 Å². The van der Waals surface area contributed by atoms with Crippen molar-refractivity contribution in [3.8, 4) is 0 Å². The zero-order valence-electron chi connectivity index (χ0n) is 16.3. The molecule has 3 atom stereocenters. The average molecular weight is 376 g/mol. The topological polar surface area (TPSA) is 93.7 Å². The summed E-state index contributed by atoms with van der Waals surface area (Å²) in [7, 11) is 1.23. The highest BCUT2D eigenvalue weighted by Crippen LogP contribution is 2.25. The van der Waals surface area contributed by atoms with Gasteiger partial charge in [-0.2, -0.15) is 0 Å². The first-order valence-corrected chi connectivity index (χ1v) is 9.14. The number of ether oxygens (including phenoxy) is 2. The van der Waals surface area contributed by atoms with Crippen LogP contribution in [0.15, 0.2) is 24.3 Å². The number of nitrogens with one attached hydrogen (secondary N) is 2. The summed E-state index contributed by atoms with van der Waals surface area (Å²) in [5.41, 5.74) is 1.36. The summed E-state index contributed by atoms with van der Waals surface area (Å²) in [6, 6.07) is 6.94. The quantitative estimate of drug-likeness (QED) is 0.696. The monoisotopic (exact) mass is 376 g/mol.